The van der Waals surface area contributed by atoms with Crippen molar-refractivity contribution in [1.29, 1.82) is 0 Å². The zero-order valence-electron chi connectivity index (χ0n) is 13.2. The summed E-state index contributed by atoms with van der Waals surface area (Å²) in [5.41, 5.74) is 5.92. The Balaban J connectivity index is 2.17. The van der Waals surface area contributed by atoms with E-state index in [1.165, 1.54) is 24.2 Å². The third-order valence-corrected chi connectivity index (χ3v) is 5.11. The molecule has 21 heavy (non-hydrogen) atoms. The largest absolute Gasteiger partial charge is 0.382 e. The molecule has 1 amide bonds. The van der Waals surface area contributed by atoms with Crippen molar-refractivity contribution in [2.75, 3.05) is 24.6 Å². The van der Waals surface area contributed by atoms with Gasteiger partial charge in [-0.1, -0.05) is 38.0 Å². The van der Waals surface area contributed by atoms with Crippen LogP contribution in [0.15, 0.2) is 0 Å². The molecule has 1 fully saturated rings. The third kappa shape index (κ3) is 3.87. The van der Waals surface area contributed by atoms with Gasteiger partial charge in [0.15, 0.2) is 5.13 Å². The zero-order chi connectivity index (χ0) is 15.4. The molecule has 0 unspecified atom stereocenters. The molecule has 0 saturated heterocycles. The van der Waals surface area contributed by atoms with Gasteiger partial charge in [-0.3, -0.25) is 4.79 Å². The summed E-state index contributed by atoms with van der Waals surface area (Å²) >= 11 is 1.35. The molecule has 1 heterocycles. The molecular weight excluding hydrogens is 284 g/mol. The van der Waals surface area contributed by atoms with Gasteiger partial charge in [-0.15, -0.1) is 0 Å². The van der Waals surface area contributed by atoms with E-state index in [-0.39, 0.29) is 5.91 Å². The monoisotopic (exact) mass is 310 g/mol. The fourth-order valence-electron chi connectivity index (χ4n) is 2.79. The molecule has 0 spiro atoms. The van der Waals surface area contributed by atoms with E-state index in [0.29, 0.717) is 27.8 Å². The summed E-state index contributed by atoms with van der Waals surface area (Å²) < 4.78 is 0. The van der Waals surface area contributed by atoms with Crippen LogP contribution in [-0.2, 0) is 0 Å². The molecule has 2 rings (SSSR count). The number of nitrogens with two attached hydrogens (primary N) is 1. The Hall–Kier alpha value is -1.30. The second kappa shape index (κ2) is 7.11. The number of rotatable bonds is 6. The van der Waals surface area contributed by atoms with Gasteiger partial charge in [0.25, 0.3) is 5.91 Å². The number of nitrogens with one attached hydrogen (secondary N) is 1. The van der Waals surface area contributed by atoms with Gasteiger partial charge in [0, 0.05) is 19.6 Å². The SMILES string of the molecule is CNc1nc(N)c(C(=O)N(CCC(C)C)C2CCCC2)s1. The van der Waals surface area contributed by atoms with Crippen LogP contribution in [0.25, 0.3) is 0 Å². The molecule has 118 valence electrons. The minimum absolute atomic E-state index is 0.0547. The number of carbonyl (C=O) groups excluding carboxylic acids is 1. The summed E-state index contributed by atoms with van der Waals surface area (Å²) in [7, 11) is 1.79. The third-order valence-electron chi connectivity index (χ3n) is 4.04. The first-order valence-corrected chi connectivity index (χ1v) is 8.59. The number of aromatic nitrogens is 1. The van der Waals surface area contributed by atoms with Crippen molar-refractivity contribution in [3.05, 3.63) is 4.88 Å². The molecular formula is C15H26N4OS. The van der Waals surface area contributed by atoms with E-state index in [0.717, 1.165) is 25.8 Å². The molecule has 3 N–H and O–H groups in total. The number of carbonyl (C=O) groups is 1. The van der Waals surface area contributed by atoms with Crippen molar-refractivity contribution in [2.24, 2.45) is 5.92 Å². The average Bonchev–Trinajstić information content (AvgIpc) is 3.07. The van der Waals surface area contributed by atoms with Crippen molar-refractivity contribution in [2.45, 2.75) is 52.0 Å². The van der Waals surface area contributed by atoms with Crippen molar-refractivity contribution in [3.8, 4) is 0 Å². The van der Waals surface area contributed by atoms with Crippen LogP contribution in [0.5, 0.6) is 0 Å². The topological polar surface area (TPSA) is 71.2 Å². The number of thiazole rings is 1. The van der Waals surface area contributed by atoms with Crippen molar-refractivity contribution < 1.29 is 4.79 Å². The van der Waals surface area contributed by atoms with Crippen LogP contribution < -0.4 is 11.1 Å². The van der Waals surface area contributed by atoms with E-state index >= 15 is 0 Å². The average molecular weight is 310 g/mol. The Labute approximate surface area is 130 Å². The van der Waals surface area contributed by atoms with Crippen molar-refractivity contribution in [3.63, 3.8) is 0 Å². The lowest BCUT2D eigenvalue weighted by molar-refractivity contribution is 0.0677. The number of amides is 1. The van der Waals surface area contributed by atoms with Gasteiger partial charge < -0.3 is 16.0 Å². The van der Waals surface area contributed by atoms with Crippen LogP contribution >= 0.6 is 11.3 Å². The molecule has 1 saturated carbocycles. The molecule has 0 bridgehead atoms. The van der Waals surface area contributed by atoms with Gasteiger partial charge >= 0.3 is 0 Å². The fraction of sp³-hybridized carbons (Fsp3) is 0.733. The normalized spacial score (nSPS) is 15.6. The van der Waals surface area contributed by atoms with E-state index in [4.69, 9.17) is 5.73 Å². The highest BCUT2D eigenvalue weighted by atomic mass is 32.1. The summed E-state index contributed by atoms with van der Waals surface area (Å²) in [5.74, 6) is 0.995. The lowest BCUT2D eigenvalue weighted by Gasteiger charge is -2.29. The predicted octanol–water partition coefficient (Wildman–Crippen LogP) is 3.20. The van der Waals surface area contributed by atoms with Gasteiger partial charge in [-0.2, -0.15) is 0 Å². The molecule has 1 aliphatic carbocycles. The van der Waals surface area contributed by atoms with Crippen molar-refractivity contribution >= 4 is 28.2 Å². The van der Waals surface area contributed by atoms with Gasteiger partial charge in [0.05, 0.1) is 0 Å². The Kier molecular flexibility index (Phi) is 5.45. The lowest BCUT2D eigenvalue weighted by Crippen LogP contribution is -2.39. The Morgan fingerprint density at radius 2 is 2.14 bits per heavy atom. The van der Waals surface area contributed by atoms with E-state index in [9.17, 15) is 4.79 Å². The number of nitrogens with zero attached hydrogens (tertiary/aromatic N) is 2. The number of nitrogen functional groups attached to an aromatic ring is 1. The second-order valence-corrected chi connectivity index (χ2v) is 7.10. The van der Waals surface area contributed by atoms with E-state index in [1.807, 2.05) is 4.90 Å². The first-order chi connectivity index (χ1) is 10.0. The first-order valence-electron chi connectivity index (χ1n) is 7.78. The first kappa shape index (κ1) is 16.1. The fourth-order valence-corrected chi connectivity index (χ4v) is 3.58. The highest BCUT2D eigenvalue weighted by Crippen LogP contribution is 2.30. The minimum atomic E-state index is 0.0547. The van der Waals surface area contributed by atoms with Crippen LogP contribution in [0.2, 0.25) is 0 Å². The maximum atomic E-state index is 12.9. The van der Waals surface area contributed by atoms with Crippen molar-refractivity contribution in [1.82, 2.24) is 9.88 Å². The summed E-state index contributed by atoms with van der Waals surface area (Å²) in [6.45, 7) is 5.20. The predicted molar refractivity (Wildman–Crippen MR) is 88.8 cm³/mol. The molecule has 1 aromatic heterocycles. The smallest absolute Gasteiger partial charge is 0.268 e. The zero-order valence-corrected chi connectivity index (χ0v) is 14.0. The Morgan fingerprint density at radius 3 is 2.67 bits per heavy atom. The molecule has 0 atom stereocenters. The summed E-state index contributed by atoms with van der Waals surface area (Å²) in [4.78, 5) is 19.7. The maximum Gasteiger partial charge on any atom is 0.268 e. The van der Waals surface area contributed by atoms with Crippen LogP contribution in [0.1, 0.15) is 55.6 Å². The van der Waals surface area contributed by atoms with Gasteiger partial charge in [0.2, 0.25) is 0 Å². The molecule has 0 radical (unpaired) electrons. The molecule has 1 aromatic rings. The molecule has 6 heteroatoms. The second-order valence-electron chi connectivity index (χ2n) is 6.10. The van der Waals surface area contributed by atoms with Crippen LogP contribution in [0.3, 0.4) is 0 Å². The van der Waals surface area contributed by atoms with E-state index in [1.54, 1.807) is 7.05 Å². The lowest BCUT2D eigenvalue weighted by atomic mass is 10.1. The van der Waals surface area contributed by atoms with Crippen LogP contribution in [0.4, 0.5) is 10.9 Å². The summed E-state index contributed by atoms with van der Waals surface area (Å²) in [6, 6.07) is 0.371. The van der Waals surface area contributed by atoms with Gasteiger partial charge in [-0.05, 0) is 25.2 Å². The Bertz CT molecular complexity index is 480. The Morgan fingerprint density at radius 1 is 1.48 bits per heavy atom. The number of hydrogen-bond donors (Lipinski definition) is 2. The van der Waals surface area contributed by atoms with E-state index < -0.39 is 0 Å². The van der Waals surface area contributed by atoms with Crippen LogP contribution in [-0.4, -0.2) is 35.4 Å². The molecule has 1 aliphatic rings. The maximum absolute atomic E-state index is 12.9. The number of hydrogen-bond acceptors (Lipinski definition) is 5. The van der Waals surface area contributed by atoms with Crippen LogP contribution in [0, 0.1) is 5.92 Å². The standard InChI is InChI=1S/C15H26N4OS/c1-10(2)8-9-19(11-6-4-5-7-11)14(20)12-13(16)18-15(17-3)21-12/h10-11H,4-9,16H2,1-3H3,(H,17,18). The summed E-state index contributed by atoms with van der Waals surface area (Å²) in [6.07, 6.45) is 5.69. The highest BCUT2D eigenvalue weighted by Gasteiger charge is 2.29. The van der Waals surface area contributed by atoms with Gasteiger partial charge in [-0.25, -0.2) is 4.98 Å². The molecule has 0 aromatic carbocycles. The minimum Gasteiger partial charge on any atom is -0.382 e. The quantitative estimate of drug-likeness (QED) is 0.846. The van der Waals surface area contributed by atoms with E-state index in [2.05, 4.69) is 24.1 Å². The van der Waals surface area contributed by atoms with Gasteiger partial charge in [0.1, 0.15) is 10.7 Å². The summed E-state index contributed by atoms with van der Waals surface area (Å²) in [5, 5.41) is 3.66. The molecule has 5 nitrogen and oxygen atoms in total. The number of anilines is 2. The highest BCUT2D eigenvalue weighted by molar-refractivity contribution is 7.18. The molecule has 0 aliphatic heterocycles.